The van der Waals surface area contributed by atoms with Crippen molar-refractivity contribution in [3.63, 3.8) is 0 Å². The normalized spacial score (nSPS) is 10.1. The van der Waals surface area contributed by atoms with Crippen LogP contribution in [0.4, 0.5) is 16.4 Å². The van der Waals surface area contributed by atoms with Gasteiger partial charge in [0.2, 0.25) is 0 Å². The van der Waals surface area contributed by atoms with Crippen LogP contribution in [0.1, 0.15) is 16.6 Å². The van der Waals surface area contributed by atoms with Crippen LogP contribution in [0.2, 0.25) is 0 Å². The number of hydrogen-bond donors (Lipinski definition) is 1. The Kier molecular flexibility index (Phi) is 3.99. The van der Waals surface area contributed by atoms with Gasteiger partial charge in [-0.3, -0.25) is 14.9 Å². The summed E-state index contributed by atoms with van der Waals surface area (Å²) in [4.78, 5) is 22.4. The van der Waals surface area contributed by atoms with Crippen molar-refractivity contribution in [1.29, 1.82) is 0 Å². The Labute approximate surface area is 119 Å². The zero-order chi connectivity index (χ0) is 14.7. The molecule has 0 saturated heterocycles. The predicted molar refractivity (Wildman–Crippen MR) is 77.3 cm³/mol. The number of hydrogen-bond acceptors (Lipinski definition) is 6. The number of nitrogens with zero attached hydrogens (tertiary/aromatic N) is 1. The molecule has 0 unspecified atom stereocenters. The van der Waals surface area contributed by atoms with Crippen molar-refractivity contribution in [3.8, 4) is 5.75 Å². The zero-order valence-corrected chi connectivity index (χ0v) is 11.7. The third kappa shape index (κ3) is 2.77. The number of ether oxygens (including phenoxy) is 1. The van der Waals surface area contributed by atoms with E-state index >= 15 is 0 Å². The maximum atomic E-state index is 11.5. The third-order valence-corrected chi connectivity index (χ3v) is 3.73. The highest BCUT2D eigenvalue weighted by Crippen LogP contribution is 2.37. The number of nitro groups is 1. The average Bonchev–Trinajstić information content (AvgIpc) is 2.82. The number of benzene rings is 1. The number of methoxy groups -OCH3 is 1. The van der Waals surface area contributed by atoms with Crippen molar-refractivity contribution in [2.45, 2.75) is 6.92 Å². The van der Waals surface area contributed by atoms with E-state index in [4.69, 9.17) is 4.74 Å². The van der Waals surface area contributed by atoms with E-state index in [1.54, 1.807) is 24.3 Å². The summed E-state index contributed by atoms with van der Waals surface area (Å²) < 4.78 is 5.12. The van der Waals surface area contributed by atoms with Gasteiger partial charge in [0.15, 0.2) is 5.78 Å². The van der Waals surface area contributed by atoms with E-state index in [0.717, 1.165) is 0 Å². The summed E-state index contributed by atoms with van der Waals surface area (Å²) >= 11 is 1.20. The first kappa shape index (κ1) is 14.0. The standard InChI is InChI=1S/C13H12N2O4S/c1-8(16)13-11(19-2)7-12(20-13)14-9-5-3-4-6-10(9)15(17)18/h3-7,14H,1-2H3. The van der Waals surface area contributed by atoms with Gasteiger partial charge in [0, 0.05) is 19.1 Å². The minimum Gasteiger partial charge on any atom is -0.495 e. The molecule has 2 rings (SSSR count). The number of carbonyl (C=O) groups is 1. The van der Waals surface area contributed by atoms with E-state index in [9.17, 15) is 14.9 Å². The summed E-state index contributed by atoms with van der Waals surface area (Å²) in [5.41, 5.74) is 0.348. The smallest absolute Gasteiger partial charge is 0.292 e. The molecule has 20 heavy (non-hydrogen) atoms. The molecule has 104 valence electrons. The number of nitro benzene ring substituents is 1. The van der Waals surface area contributed by atoms with Crippen LogP contribution in [0, 0.1) is 10.1 Å². The lowest BCUT2D eigenvalue weighted by atomic mass is 10.2. The lowest BCUT2D eigenvalue weighted by molar-refractivity contribution is -0.383. The van der Waals surface area contributed by atoms with Crippen LogP contribution in [-0.2, 0) is 0 Å². The first-order valence-corrected chi connectivity index (χ1v) is 6.53. The largest absolute Gasteiger partial charge is 0.495 e. The Morgan fingerprint density at radius 3 is 2.65 bits per heavy atom. The number of anilines is 2. The van der Waals surface area contributed by atoms with Crippen LogP contribution in [0.15, 0.2) is 30.3 Å². The minimum absolute atomic E-state index is 0.0239. The van der Waals surface area contributed by atoms with Gasteiger partial charge in [0.25, 0.3) is 5.69 Å². The number of nitrogens with one attached hydrogen (secondary N) is 1. The first-order valence-electron chi connectivity index (χ1n) is 5.72. The molecule has 0 aliphatic rings. The van der Waals surface area contributed by atoms with Gasteiger partial charge in [-0.1, -0.05) is 12.1 Å². The molecular formula is C13H12N2O4S. The molecule has 2 aromatic rings. The number of carbonyl (C=O) groups excluding carboxylic acids is 1. The molecule has 7 heteroatoms. The molecule has 0 amide bonds. The van der Waals surface area contributed by atoms with Crippen LogP contribution >= 0.6 is 11.3 Å². The van der Waals surface area contributed by atoms with Crippen LogP contribution in [0.25, 0.3) is 0 Å². The van der Waals surface area contributed by atoms with E-state index in [1.165, 1.54) is 31.4 Å². The molecule has 0 atom stereocenters. The Morgan fingerprint density at radius 2 is 2.10 bits per heavy atom. The van der Waals surface area contributed by atoms with E-state index in [-0.39, 0.29) is 11.5 Å². The number of para-hydroxylation sites is 2. The fourth-order valence-corrected chi connectivity index (χ4v) is 2.64. The SMILES string of the molecule is COc1cc(Nc2ccccc2[N+](=O)[O-])sc1C(C)=O. The molecule has 6 nitrogen and oxygen atoms in total. The summed E-state index contributed by atoms with van der Waals surface area (Å²) in [6.45, 7) is 1.45. The highest BCUT2D eigenvalue weighted by atomic mass is 32.1. The summed E-state index contributed by atoms with van der Waals surface area (Å²) in [5.74, 6) is 0.353. The van der Waals surface area contributed by atoms with Crippen molar-refractivity contribution in [2.75, 3.05) is 12.4 Å². The fourth-order valence-electron chi connectivity index (χ4n) is 1.70. The fraction of sp³-hybridized carbons (Fsp3) is 0.154. The van der Waals surface area contributed by atoms with Crippen molar-refractivity contribution in [2.24, 2.45) is 0 Å². The van der Waals surface area contributed by atoms with Crippen molar-refractivity contribution in [1.82, 2.24) is 0 Å². The highest BCUT2D eigenvalue weighted by molar-refractivity contribution is 7.18. The molecule has 1 aromatic carbocycles. The monoisotopic (exact) mass is 292 g/mol. The highest BCUT2D eigenvalue weighted by Gasteiger charge is 2.17. The maximum absolute atomic E-state index is 11.5. The molecule has 0 fully saturated rings. The van der Waals surface area contributed by atoms with E-state index in [2.05, 4.69) is 5.32 Å². The molecule has 0 aliphatic carbocycles. The second-order valence-electron chi connectivity index (χ2n) is 3.96. The van der Waals surface area contributed by atoms with Crippen LogP contribution in [0.3, 0.4) is 0 Å². The van der Waals surface area contributed by atoms with E-state index in [1.807, 2.05) is 0 Å². The predicted octanol–water partition coefficient (Wildman–Crippen LogP) is 3.61. The van der Waals surface area contributed by atoms with Crippen LogP contribution in [-0.4, -0.2) is 17.8 Å². The summed E-state index contributed by atoms with van der Waals surface area (Å²) in [5, 5.41) is 14.5. The number of ketones is 1. The second kappa shape index (κ2) is 5.70. The second-order valence-corrected chi connectivity index (χ2v) is 5.02. The van der Waals surface area contributed by atoms with E-state index in [0.29, 0.717) is 21.3 Å². The van der Waals surface area contributed by atoms with Crippen molar-refractivity contribution < 1.29 is 14.5 Å². The molecule has 0 bridgehead atoms. The molecular weight excluding hydrogens is 280 g/mol. The Morgan fingerprint density at radius 1 is 1.40 bits per heavy atom. The summed E-state index contributed by atoms with van der Waals surface area (Å²) in [6, 6.07) is 7.97. The Bertz CT molecular complexity index is 666. The lowest BCUT2D eigenvalue weighted by Gasteiger charge is -2.03. The summed E-state index contributed by atoms with van der Waals surface area (Å²) in [6.07, 6.45) is 0. The van der Waals surface area contributed by atoms with Gasteiger partial charge < -0.3 is 10.1 Å². The van der Waals surface area contributed by atoms with Gasteiger partial charge in [0.05, 0.1) is 17.0 Å². The molecule has 0 spiro atoms. The quantitative estimate of drug-likeness (QED) is 0.517. The number of thiophene rings is 1. The van der Waals surface area contributed by atoms with Gasteiger partial charge in [0.1, 0.15) is 16.3 Å². The molecule has 1 heterocycles. The third-order valence-electron chi connectivity index (χ3n) is 2.60. The average molecular weight is 292 g/mol. The van der Waals surface area contributed by atoms with Gasteiger partial charge in [-0.2, -0.15) is 0 Å². The van der Waals surface area contributed by atoms with Gasteiger partial charge in [-0.15, -0.1) is 11.3 Å². The first-order chi connectivity index (χ1) is 9.52. The molecule has 0 aliphatic heterocycles. The Balaban J connectivity index is 2.36. The lowest BCUT2D eigenvalue weighted by Crippen LogP contribution is -1.95. The number of rotatable bonds is 5. The van der Waals surface area contributed by atoms with Crippen molar-refractivity contribution >= 4 is 33.5 Å². The van der Waals surface area contributed by atoms with Gasteiger partial charge in [-0.05, 0) is 6.07 Å². The molecule has 0 radical (unpaired) electrons. The van der Waals surface area contributed by atoms with Crippen LogP contribution in [0.5, 0.6) is 5.75 Å². The number of Topliss-reactive ketones (excluding diaryl/α,β-unsaturated/α-hetero) is 1. The van der Waals surface area contributed by atoms with E-state index < -0.39 is 4.92 Å². The van der Waals surface area contributed by atoms with Gasteiger partial charge in [-0.25, -0.2) is 0 Å². The molecule has 1 N–H and O–H groups in total. The van der Waals surface area contributed by atoms with Gasteiger partial charge >= 0.3 is 0 Å². The molecule has 1 aromatic heterocycles. The summed E-state index contributed by atoms with van der Waals surface area (Å²) in [7, 11) is 1.48. The van der Waals surface area contributed by atoms with Crippen molar-refractivity contribution in [3.05, 3.63) is 45.3 Å². The van der Waals surface area contributed by atoms with Crippen LogP contribution < -0.4 is 10.1 Å². The topological polar surface area (TPSA) is 81.5 Å². The zero-order valence-electron chi connectivity index (χ0n) is 10.9. The molecule has 0 saturated carbocycles. The minimum atomic E-state index is -0.459. The maximum Gasteiger partial charge on any atom is 0.292 e. The Hall–Kier alpha value is -2.41.